The van der Waals surface area contributed by atoms with Crippen LogP contribution >= 0.6 is 11.6 Å². The molecular weight excluding hydrogens is 296 g/mol. The topological polar surface area (TPSA) is 41.1 Å². The summed E-state index contributed by atoms with van der Waals surface area (Å²) >= 11 is 6.07. The van der Waals surface area contributed by atoms with Gasteiger partial charge in [-0.05, 0) is 44.0 Å². The Bertz CT molecular complexity index is 643. The minimum absolute atomic E-state index is 0.0758. The number of benzene rings is 2. The van der Waals surface area contributed by atoms with Crippen molar-refractivity contribution < 1.29 is 4.79 Å². The lowest BCUT2D eigenvalue weighted by Crippen LogP contribution is -2.39. The Morgan fingerprint density at radius 3 is 2.41 bits per heavy atom. The first kappa shape index (κ1) is 16.5. The molecule has 2 N–H and O–H groups in total. The molecule has 4 heteroatoms. The minimum atomic E-state index is -0.311. The number of carbonyl (C=O) groups excluding carboxylic acids is 1. The zero-order valence-corrected chi connectivity index (χ0v) is 13.8. The summed E-state index contributed by atoms with van der Waals surface area (Å²) in [6.07, 6.45) is 0. The van der Waals surface area contributed by atoms with Gasteiger partial charge in [0.15, 0.2) is 0 Å². The van der Waals surface area contributed by atoms with E-state index in [0.29, 0.717) is 5.02 Å². The molecule has 3 nitrogen and oxygen atoms in total. The molecule has 0 aromatic heterocycles. The van der Waals surface area contributed by atoms with Gasteiger partial charge in [0.25, 0.3) is 0 Å². The summed E-state index contributed by atoms with van der Waals surface area (Å²) in [6.45, 7) is 5.79. The Balaban J connectivity index is 1.99. The van der Waals surface area contributed by atoms with Gasteiger partial charge in [-0.25, -0.2) is 0 Å². The number of hydrogen-bond acceptors (Lipinski definition) is 2. The van der Waals surface area contributed by atoms with Crippen LogP contribution in [0.5, 0.6) is 0 Å². The summed E-state index contributed by atoms with van der Waals surface area (Å²) in [7, 11) is 0. The van der Waals surface area contributed by atoms with Crippen LogP contribution < -0.4 is 10.6 Å². The first-order valence-corrected chi connectivity index (χ1v) is 7.74. The minimum Gasteiger partial charge on any atom is -0.324 e. The number of hydrogen-bond donors (Lipinski definition) is 2. The molecule has 1 amide bonds. The monoisotopic (exact) mass is 316 g/mol. The number of nitrogens with one attached hydrogen (secondary N) is 2. The summed E-state index contributed by atoms with van der Waals surface area (Å²) in [5.74, 6) is -0.0758. The Hall–Kier alpha value is -1.84. The smallest absolute Gasteiger partial charge is 0.241 e. The summed E-state index contributed by atoms with van der Waals surface area (Å²) in [5, 5.41) is 6.88. The van der Waals surface area contributed by atoms with Crippen molar-refractivity contribution in [3.8, 4) is 0 Å². The Morgan fingerprint density at radius 1 is 1.05 bits per heavy atom. The summed E-state index contributed by atoms with van der Waals surface area (Å²) in [6, 6.07) is 15.3. The highest BCUT2D eigenvalue weighted by Crippen LogP contribution is 2.23. The Kier molecular flexibility index (Phi) is 5.58. The largest absolute Gasteiger partial charge is 0.324 e. The summed E-state index contributed by atoms with van der Waals surface area (Å²) in [4.78, 5) is 12.3. The third kappa shape index (κ3) is 4.09. The van der Waals surface area contributed by atoms with Gasteiger partial charge in [-0.15, -0.1) is 0 Å². The molecule has 116 valence electrons. The van der Waals surface area contributed by atoms with Gasteiger partial charge in [-0.1, -0.05) is 48.0 Å². The van der Waals surface area contributed by atoms with E-state index in [0.717, 1.165) is 16.8 Å². The van der Waals surface area contributed by atoms with Crippen molar-refractivity contribution in [3.63, 3.8) is 0 Å². The van der Waals surface area contributed by atoms with E-state index in [2.05, 4.69) is 10.6 Å². The second-order valence-electron chi connectivity index (χ2n) is 5.42. The third-order valence-electron chi connectivity index (χ3n) is 3.72. The summed E-state index contributed by atoms with van der Waals surface area (Å²) in [5.41, 5.74) is 2.78. The highest BCUT2D eigenvalue weighted by molar-refractivity contribution is 6.31. The first-order valence-electron chi connectivity index (χ1n) is 7.36. The van der Waals surface area contributed by atoms with Crippen LogP contribution in [0.4, 0.5) is 5.69 Å². The van der Waals surface area contributed by atoms with Gasteiger partial charge in [0.2, 0.25) is 5.91 Å². The second kappa shape index (κ2) is 7.43. The van der Waals surface area contributed by atoms with Gasteiger partial charge in [0.05, 0.1) is 6.04 Å². The maximum atomic E-state index is 12.3. The average Bonchev–Trinajstić information content (AvgIpc) is 2.52. The van der Waals surface area contributed by atoms with Gasteiger partial charge >= 0.3 is 0 Å². The number of carbonyl (C=O) groups is 1. The van der Waals surface area contributed by atoms with Gasteiger partial charge in [-0.2, -0.15) is 0 Å². The normalized spacial score (nSPS) is 13.5. The molecule has 0 aliphatic heterocycles. The number of halogens is 1. The molecule has 2 aromatic rings. The van der Waals surface area contributed by atoms with Crippen LogP contribution in [0, 0.1) is 6.92 Å². The lowest BCUT2D eigenvalue weighted by atomic mass is 10.1. The van der Waals surface area contributed by atoms with Crippen LogP contribution in [0.25, 0.3) is 0 Å². The fraction of sp³-hybridized carbons (Fsp3) is 0.278. The molecule has 0 heterocycles. The molecule has 2 aromatic carbocycles. The molecule has 2 atom stereocenters. The third-order valence-corrected chi connectivity index (χ3v) is 4.13. The van der Waals surface area contributed by atoms with Crippen LogP contribution in [0.3, 0.4) is 0 Å². The molecule has 0 saturated carbocycles. The van der Waals surface area contributed by atoms with E-state index < -0.39 is 0 Å². The molecule has 22 heavy (non-hydrogen) atoms. The second-order valence-corrected chi connectivity index (χ2v) is 5.83. The maximum Gasteiger partial charge on any atom is 0.241 e. The van der Waals surface area contributed by atoms with E-state index in [1.807, 2.05) is 69.3 Å². The SMILES string of the molecule is Cc1c(Cl)cccc1NC(=O)[C@H](C)N[C@H](C)c1ccccc1. The van der Waals surface area contributed by atoms with E-state index in [4.69, 9.17) is 11.6 Å². The Labute approximate surface area is 136 Å². The van der Waals surface area contributed by atoms with Crippen molar-refractivity contribution >= 4 is 23.2 Å². The standard InChI is InChI=1S/C18H21ClN2O/c1-12-16(19)10-7-11-17(12)21-18(22)14(3)20-13(2)15-8-5-4-6-9-15/h4-11,13-14,20H,1-3H3,(H,21,22)/t13-,14+/m1/s1. The predicted octanol–water partition coefficient (Wildman–Crippen LogP) is 4.33. The average molecular weight is 317 g/mol. The quantitative estimate of drug-likeness (QED) is 0.862. The van der Waals surface area contributed by atoms with Crippen molar-refractivity contribution in [1.82, 2.24) is 5.32 Å². The predicted molar refractivity (Wildman–Crippen MR) is 92.3 cm³/mol. The van der Waals surface area contributed by atoms with E-state index in [9.17, 15) is 4.79 Å². The molecule has 0 bridgehead atoms. The molecule has 0 spiro atoms. The maximum absolute atomic E-state index is 12.3. The number of rotatable bonds is 5. The van der Waals surface area contributed by atoms with Crippen LogP contribution in [0.2, 0.25) is 5.02 Å². The molecular formula is C18H21ClN2O. The van der Waals surface area contributed by atoms with Crippen LogP contribution in [-0.2, 0) is 4.79 Å². The van der Waals surface area contributed by atoms with Gasteiger partial charge in [-0.3, -0.25) is 10.1 Å². The van der Waals surface area contributed by atoms with Crippen molar-refractivity contribution in [2.45, 2.75) is 32.9 Å². The zero-order valence-electron chi connectivity index (χ0n) is 13.1. The molecule has 2 rings (SSSR count). The first-order chi connectivity index (χ1) is 10.5. The summed E-state index contributed by atoms with van der Waals surface area (Å²) < 4.78 is 0. The van der Waals surface area contributed by atoms with E-state index >= 15 is 0 Å². The van der Waals surface area contributed by atoms with Crippen molar-refractivity contribution in [2.24, 2.45) is 0 Å². The highest BCUT2D eigenvalue weighted by atomic mass is 35.5. The van der Waals surface area contributed by atoms with E-state index in [1.165, 1.54) is 0 Å². The molecule has 0 aliphatic rings. The molecule has 0 radical (unpaired) electrons. The number of anilines is 1. The highest BCUT2D eigenvalue weighted by Gasteiger charge is 2.17. The lowest BCUT2D eigenvalue weighted by Gasteiger charge is -2.20. The zero-order chi connectivity index (χ0) is 16.1. The van der Waals surface area contributed by atoms with Crippen molar-refractivity contribution in [3.05, 3.63) is 64.7 Å². The van der Waals surface area contributed by atoms with E-state index in [-0.39, 0.29) is 18.0 Å². The van der Waals surface area contributed by atoms with E-state index in [1.54, 1.807) is 0 Å². The Morgan fingerprint density at radius 2 is 1.73 bits per heavy atom. The fourth-order valence-electron chi connectivity index (χ4n) is 2.27. The fourth-order valence-corrected chi connectivity index (χ4v) is 2.45. The van der Waals surface area contributed by atoms with Crippen molar-refractivity contribution in [2.75, 3.05) is 5.32 Å². The van der Waals surface area contributed by atoms with Crippen LogP contribution in [-0.4, -0.2) is 11.9 Å². The number of amides is 1. The molecule has 0 fully saturated rings. The van der Waals surface area contributed by atoms with Crippen LogP contribution in [0.15, 0.2) is 48.5 Å². The van der Waals surface area contributed by atoms with Gasteiger partial charge in [0.1, 0.15) is 0 Å². The molecule has 0 unspecified atom stereocenters. The van der Waals surface area contributed by atoms with Gasteiger partial charge in [0, 0.05) is 16.8 Å². The van der Waals surface area contributed by atoms with Crippen molar-refractivity contribution in [1.29, 1.82) is 0 Å². The molecule has 0 saturated heterocycles. The van der Waals surface area contributed by atoms with Gasteiger partial charge < -0.3 is 5.32 Å². The van der Waals surface area contributed by atoms with Crippen LogP contribution in [0.1, 0.15) is 31.0 Å². The molecule has 0 aliphatic carbocycles. The lowest BCUT2D eigenvalue weighted by molar-refractivity contribution is -0.117.